The molecular weight excluding hydrogens is 322 g/mol. The highest BCUT2D eigenvalue weighted by atomic mass is 35.5. The normalized spacial score (nSPS) is 10.4. The van der Waals surface area contributed by atoms with Crippen LogP contribution in [0.5, 0.6) is 0 Å². The van der Waals surface area contributed by atoms with Gasteiger partial charge < -0.3 is 4.74 Å². The Kier molecular flexibility index (Phi) is 4.92. The van der Waals surface area contributed by atoms with E-state index in [1.807, 2.05) is 60.7 Å². The van der Waals surface area contributed by atoms with E-state index in [9.17, 15) is 4.79 Å². The van der Waals surface area contributed by atoms with Crippen molar-refractivity contribution in [3.63, 3.8) is 0 Å². The maximum Gasteiger partial charge on any atom is 0.340 e. The van der Waals surface area contributed by atoms with E-state index >= 15 is 0 Å². The quantitative estimate of drug-likeness (QED) is 0.611. The fourth-order valence-electron chi connectivity index (χ4n) is 2.46. The lowest BCUT2D eigenvalue weighted by Crippen LogP contribution is -2.07. The van der Waals surface area contributed by atoms with Gasteiger partial charge in [0.2, 0.25) is 0 Å². The molecule has 0 radical (unpaired) electrons. The number of aromatic nitrogens is 1. The van der Waals surface area contributed by atoms with Gasteiger partial charge in [-0.25, -0.2) is 4.79 Å². The molecule has 0 N–H and O–H groups in total. The summed E-state index contributed by atoms with van der Waals surface area (Å²) in [5.41, 5.74) is 3.92. The van der Waals surface area contributed by atoms with Gasteiger partial charge in [0.1, 0.15) is 0 Å². The molecule has 3 aromatic rings. The molecule has 120 valence electrons. The maximum atomic E-state index is 12.3. The number of hydrogen-bond donors (Lipinski definition) is 0. The van der Waals surface area contributed by atoms with E-state index in [1.165, 1.54) is 0 Å². The molecule has 2 aromatic carbocycles. The smallest absolute Gasteiger partial charge is 0.340 e. The second-order valence-electron chi connectivity index (χ2n) is 5.21. The highest BCUT2D eigenvalue weighted by Crippen LogP contribution is 2.29. The van der Waals surface area contributed by atoms with Crippen molar-refractivity contribution >= 4 is 17.6 Å². The number of rotatable bonds is 4. The Hall–Kier alpha value is -2.65. The molecule has 1 heterocycles. The van der Waals surface area contributed by atoms with Gasteiger partial charge in [-0.15, -0.1) is 0 Å². The Bertz CT molecular complexity index is 845. The molecule has 4 heteroatoms. The van der Waals surface area contributed by atoms with E-state index < -0.39 is 0 Å². The minimum absolute atomic E-state index is 0.325. The molecule has 0 spiro atoms. The maximum absolute atomic E-state index is 12.3. The molecule has 0 saturated heterocycles. The van der Waals surface area contributed by atoms with Crippen LogP contribution in [-0.2, 0) is 4.74 Å². The van der Waals surface area contributed by atoms with E-state index in [0.717, 1.165) is 22.4 Å². The van der Waals surface area contributed by atoms with Crippen LogP contribution in [0.15, 0.2) is 66.9 Å². The van der Waals surface area contributed by atoms with E-state index in [1.54, 1.807) is 13.1 Å². The van der Waals surface area contributed by atoms with Crippen molar-refractivity contribution in [2.45, 2.75) is 6.92 Å². The topological polar surface area (TPSA) is 39.2 Å². The molecule has 24 heavy (non-hydrogen) atoms. The van der Waals surface area contributed by atoms with Gasteiger partial charge in [0.15, 0.2) is 0 Å². The van der Waals surface area contributed by atoms with Gasteiger partial charge in [0.05, 0.1) is 17.9 Å². The largest absolute Gasteiger partial charge is 0.462 e. The summed E-state index contributed by atoms with van der Waals surface area (Å²) in [6.45, 7) is 2.11. The van der Waals surface area contributed by atoms with Crippen molar-refractivity contribution in [1.82, 2.24) is 4.98 Å². The van der Waals surface area contributed by atoms with Crippen LogP contribution in [0, 0.1) is 0 Å². The Morgan fingerprint density at radius 1 is 1.04 bits per heavy atom. The van der Waals surface area contributed by atoms with Crippen molar-refractivity contribution in [1.29, 1.82) is 0 Å². The molecule has 3 rings (SSSR count). The molecule has 0 amide bonds. The average Bonchev–Trinajstić information content (AvgIpc) is 2.63. The summed E-state index contributed by atoms with van der Waals surface area (Å²) in [7, 11) is 0. The third-order valence-corrected chi connectivity index (χ3v) is 3.88. The number of halogens is 1. The van der Waals surface area contributed by atoms with E-state index in [4.69, 9.17) is 16.3 Å². The van der Waals surface area contributed by atoms with Gasteiger partial charge in [-0.1, -0.05) is 54.1 Å². The van der Waals surface area contributed by atoms with Crippen LogP contribution in [0.25, 0.3) is 22.4 Å². The summed E-state index contributed by atoms with van der Waals surface area (Å²) >= 11 is 5.95. The van der Waals surface area contributed by atoms with Crippen LogP contribution in [0.4, 0.5) is 0 Å². The Labute approximate surface area is 145 Å². The van der Waals surface area contributed by atoms with Crippen LogP contribution in [0.2, 0.25) is 5.02 Å². The third-order valence-electron chi connectivity index (χ3n) is 3.62. The van der Waals surface area contributed by atoms with Crippen LogP contribution >= 0.6 is 11.6 Å². The number of ether oxygens (including phenoxy) is 1. The first-order chi connectivity index (χ1) is 11.7. The molecule has 0 fully saturated rings. The van der Waals surface area contributed by atoms with Crippen molar-refractivity contribution < 1.29 is 9.53 Å². The summed E-state index contributed by atoms with van der Waals surface area (Å²) in [5.74, 6) is -0.369. The number of nitrogens with zero attached hydrogens (tertiary/aromatic N) is 1. The third kappa shape index (κ3) is 3.47. The van der Waals surface area contributed by atoms with Gasteiger partial charge in [-0.05, 0) is 36.2 Å². The molecule has 0 saturated carbocycles. The lowest BCUT2D eigenvalue weighted by atomic mass is 9.99. The predicted octanol–water partition coefficient (Wildman–Crippen LogP) is 5.25. The summed E-state index contributed by atoms with van der Waals surface area (Å²) < 4.78 is 5.16. The summed E-state index contributed by atoms with van der Waals surface area (Å²) in [5, 5.41) is 0.671. The first kappa shape index (κ1) is 16.2. The highest BCUT2D eigenvalue weighted by molar-refractivity contribution is 6.30. The van der Waals surface area contributed by atoms with E-state index in [0.29, 0.717) is 17.2 Å². The molecular formula is C20H16ClNO2. The number of hydrogen-bond acceptors (Lipinski definition) is 3. The lowest BCUT2D eigenvalue weighted by Gasteiger charge is -2.11. The van der Waals surface area contributed by atoms with Crippen LogP contribution in [0.1, 0.15) is 17.3 Å². The molecule has 3 nitrogen and oxygen atoms in total. The van der Waals surface area contributed by atoms with Gasteiger partial charge in [0.25, 0.3) is 0 Å². The number of benzene rings is 2. The van der Waals surface area contributed by atoms with Crippen molar-refractivity contribution in [2.75, 3.05) is 6.61 Å². The first-order valence-corrected chi connectivity index (χ1v) is 8.05. The van der Waals surface area contributed by atoms with Crippen molar-refractivity contribution in [2.24, 2.45) is 0 Å². The number of carbonyl (C=O) groups is 1. The highest BCUT2D eigenvalue weighted by Gasteiger charge is 2.16. The fourth-order valence-corrected chi connectivity index (χ4v) is 2.59. The standard InChI is InChI=1S/C20H16ClNO2/c1-2-24-20(23)18-13-22-19(15-8-10-16(21)11-9-15)12-17(18)14-6-4-3-5-7-14/h3-13H,2H2,1H3. The zero-order valence-electron chi connectivity index (χ0n) is 13.2. The summed E-state index contributed by atoms with van der Waals surface area (Å²) in [6.07, 6.45) is 1.57. The average molecular weight is 338 g/mol. The molecule has 0 aliphatic carbocycles. The SMILES string of the molecule is CCOC(=O)c1cnc(-c2ccc(Cl)cc2)cc1-c1ccccc1. The Balaban J connectivity index is 2.12. The van der Waals surface area contributed by atoms with Gasteiger partial charge in [-0.3, -0.25) is 4.98 Å². The minimum Gasteiger partial charge on any atom is -0.462 e. The van der Waals surface area contributed by atoms with Gasteiger partial charge in [0, 0.05) is 16.8 Å². The van der Waals surface area contributed by atoms with Gasteiger partial charge >= 0.3 is 5.97 Å². The summed E-state index contributed by atoms with van der Waals surface area (Å²) in [6, 6.07) is 19.1. The van der Waals surface area contributed by atoms with E-state index in [-0.39, 0.29) is 5.97 Å². The van der Waals surface area contributed by atoms with Crippen molar-refractivity contribution in [3.8, 4) is 22.4 Å². The van der Waals surface area contributed by atoms with E-state index in [2.05, 4.69) is 4.98 Å². The molecule has 0 aliphatic heterocycles. The predicted molar refractivity (Wildman–Crippen MR) is 96.1 cm³/mol. The van der Waals surface area contributed by atoms with Crippen LogP contribution in [0.3, 0.4) is 0 Å². The molecule has 0 aliphatic rings. The first-order valence-electron chi connectivity index (χ1n) is 7.67. The number of carbonyl (C=O) groups excluding carboxylic acids is 1. The Morgan fingerprint density at radius 2 is 1.75 bits per heavy atom. The number of pyridine rings is 1. The molecule has 1 aromatic heterocycles. The molecule has 0 bridgehead atoms. The zero-order chi connectivity index (χ0) is 16.9. The second kappa shape index (κ2) is 7.28. The van der Waals surface area contributed by atoms with Crippen molar-refractivity contribution in [3.05, 3.63) is 77.4 Å². The monoisotopic (exact) mass is 337 g/mol. The van der Waals surface area contributed by atoms with Crippen LogP contribution in [-0.4, -0.2) is 17.6 Å². The van der Waals surface area contributed by atoms with Crippen LogP contribution < -0.4 is 0 Å². The van der Waals surface area contributed by atoms with Gasteiger partial charge in [-0.2, -0.15) is 0 Å². The fraction of sp³-hybridized carbons (Fsp3) is 0.100. The minimum atomic E-state index is -0.369. The lowest BCUT2D eigenvalue weighted by molar-refractivity contribution is 0.0527. The molecule has 0 atom stereocenters. The second-order valence-corrected chi connectivity index (χ2v) is 5.64. The Morgan fingerprint density at radius 3 is 2.42 bits per heavy atom. The zero-order valence-corrected chi connectivity index (χ0v) is 14.0. The number of esters is 1. The molecule has 0 unspecified atom stereocenters. The summed E-state index contributed by atoms with van der Waals surface area (Å²) in [4.78, 5) is 16.7.